The number of hydrogen-bond donors (Lipinski definition) is 0. The maximum atomic E-state index is 12.5. The summed E-state index contributed by atoms with van der Waals surface area (Å²) in [6, 6.07) is 14.6. The molecule has 0 unspecified atom stereocenters. The fraction of sp³-hybridized carbons (Fsp3) is 0.360. The molecule has 2 aromatic carbocycles. The van der Waals surface area contributed by atoms with Gasteiger partial charge in [-0.1, -0.05) is 36.4 Å². The first kappa shape index (κ1) is 22.7. The van der Waals surface area contributed by atoms with Crippen LogP contribution >= 0.6 is 0 Å². The smallest absolute Gasteiger partial charge is 0.414 e. The van der Waals surface area contributed by atoms with Crippen molar-refractivity contribution in [3.05, 3.63) is 71.3 Å². The predicted octanol–water partition coefficient (Wildman–Crippen LogP) is 6.65. The van der Waals surface area contributed by atoms with Crippen LogP contribution in [0.2, 0.25) is 0 Å². The second kappa shape index (κ2) is 9.41. The molecule has 0 bridgehead atoms. The Morgan fingerprint density at radius 2 is 1.58 bits per heavy atom. The molecule has 0 N–H and O–H groups in total. The Bertz CT molecular complexity index is 1000. The maximum absolute atomic E-state index is 12.5. The summed E-state index contributed by atoms with van der Waals surface area (Å²) >= 11 is 0. The highest BCUT2D eigenvalue weighted by Gasteiger charge is 2.30. The van der Waals surface area contributed by atoms with Crippen molar-refractivity contribution < 1.29 is 23.1 Å². The number of carbonyl (C=O) groups is 2. The van der Waals surface area contributed by atoms with E-state index in [4.69, 9.17) is 4.74 Å². The molecule has 0 saturated carbocycles. The number of ether oxygens (including phenoxy) is 1. The molecule has 0 aromatic heterocycles. The number of allylic oxidation sites excluding steroid dienone is 1. The topological polar surface area (TPSA) is 46.6 Å². The Morgan fingerprint density at radius 1 is 0.935 bits per heavy atom. The van der Waals surface area contributed by atoms with E-state index in [0.717, 1.165) is 24.0 Å². The van der Waals surface area contributed by atoms with Crippen molar-refractivity contribution in [2.45, 2.75) is 52.1 Å². The number of benzene rings is 2. The monoisotopic (exact) mass is 427 g/mol. The van der Waals surface area contributed by atoms with Gasteiger partial charge in [0.05, 0.1) is 5.69 Å². The predicted molar refractivity (Wildman–Crippen MR) is 117 cm³/mol. The Morgan fingerprint density at radius 3 is 2.26 bits per heavy atom. The standard InChI is InChI=1S/C14H17NO3.C11H10F2/c1-14(2,3)18-13(17)15-9-8-12(16)10-6-4-5-7-11(10)15;12-11(13)10-7-3-5-8-4-1-2-6-9(8)10/h4-7H,8-9H2,1-3H3;1-2,4,6H,3,5,7H2. The number of rotatable bonds is 0. The number of fused-ring (bicyclic) bond motifs is 2. The largest absolute Gasteiger partial charge is 0.443 e. The second-order valence-corrected chi connectivity index (χ2v) is 8.57. The number of para-hydroxylation sites is 1. The molecule has 164 valence electrons. The Kier molecular flexibility index (Phi) is 6.88. The van der Waals surface area contributed by atoms with Gasteiger partial charge in [0.15, 0.2) is 5.78 Å². The molecule has 0 fully saturated rings. The summed E-state index contributed by atoms with van der Waals surface area (Å²) in [6.07, 6.45) is 0.696. The van der Waals surface area contributed by atoms with Crippen LogP contribution in [0.3, 0.4) is 0 Å². The molecule has 6 heteroatoms. The van der Waals surface area contributed by atoms with Gasteiger partial charge < -0.3 is 4.74 Å². The Hall–Kier alpha value is -3.02. The molecule has 0 radical (unpaired) electrons. The van der Waals surface area contributed by atoms with Crippen LogP contribution in [-0.4, -0.2) is 24.0 Å². The van der Waals surface area contributed by atoms with E-state index in [1.54, 1.807) is 24.3 Å². The molecule has 2 aromatic rings. The highest BCUT2D eigenvalue weighted by atomic mass is 19.3. The first-order chi connectivity index (χ1) is 14.7. The molecule has 2 aliphatic rings. The van der Waals surface area contributed by atoms with Gasteiger partial charge in [-0.15, -0.1) is 0 Å². The Balaban J connectivity index is 0.000000185. The van der Waals surface area contributed by atoms with Crippen molar-refractivity contribution in [1.82, 2.24) is 0 Å². The zero-order valence-corrected chi connectivity index (χ0v) is 18.1. The molecule has 1 heterocycles. The van der Waals surface area contributed by atoms with Gasteiger partial charge in [0.2, 0.25) is 0 Å². The van der Waals surface area contributed by atoms with Crippen molar-refractivity contribution in [3.63, 3.8) is 0 Å². The van der Waals surface area contributed by atoms with Crippen molar-refractivity contribution in [1.29, 1.82) is 0 Å². The van der Waals surface area contributed by atoms with Gasteiger partial charge in [0.25, 0.3) is 6.08 Å². The summed E-state index contributed by atoms with van der Waals surface area (Å²) in [4.78, 5) is 25.4. The third kappa shape index (κ3) is 5.57. The number of aryl methyl sites for hydroxylation is 1. The number of hydrogen-bond acceptors (Lipinski definition) is 3. The SMILES string of the molecule is CC(C)(C)OC(=O)N1CCC(=O)c2ccccc21.FC(F)=C1CCCc2ccccc21. The van der Waals surface area contributed by atoms with Gasteiger partial charge in [0.1, 0.15) is 5.60 Å². The minimum atomic E-state index is -1.52. The molecule has 1 amide bonds. The number of amides is 1. The van der Waals surface area contributed by atoms with E-state index < -0.39 is 17.8 Å². The zero-order chi connectivity index (χ0) is 22.6. The third-order valence-corrected chi connectivity index (χ3v) is 5.12. The van der Waals surface area contributed by atoms with Crippen LogP contribution in [0.25, 0.3) is 5.57 Å². The molecule has 0 atom stereocenters. The summed E-state index contributed by atoms with van der Waals surface area (Å²) in [5.74, 6) is 0.0745. The molecular formula is C25H27F2NO3. The lowest BCUT2D eigenvalue weighted by Crippen LogP contribution is -2.41. The van der Waals surface area contributed by atoms with E-state index in [0.29, 0.717) is 30.6 Å². The van der Waals surface area contributed by atoms with Crippen molar-refractivity contribution in [2.24, 2.45) is 0 Å². The van der Waals surface area contributed by atoms with Crippen LogP contribution in [0.1, 0.15) is 61.5 Å². The average molecular weight is 427 g/mol. The fourth-order valence-corrected chi connectivity index (χ4v) is 3.74. The highest BCUT2D eigenvalue weighted by Crippen LogP contribution is 2.33. The number of ketones is 1. The van der Waals surface area contributed by atoms with E-state index in [9.17, 15) is 18.4 Å². The number of halogens is 2. The van der Waals surface area contributed by atoms with Crippen molar-refractivity contribution >= 4 is 23.1 Å². The second-order valence-electron chi connectivity index (χ2n) is 8.57. The molecule has 4 rings (SSSR count). The third-order valence-electron chi connectivity index (χ3n) is 5.12. The van der Waals surface area contributed by atoms with E-state index in [1.807, 2.05) is 45.0 Å². The molecule has 1 aliphatic heterocycles. The first-order valence-corrected chi connectivity index (χ1v) is 10.4. The van der Waals surface area contributed by atoms with Crippen LogP contribution in [0.15, 0.2) is 54.6 Å². The van der Waals surface area contributed by atoms with Crippen LogP contribution in [-0.2, 0) is 11.2 Å². The van der Waals surface area contributed by atoms with Crippen LogP contribution in [0.5, 0.6) is 0 Å². The van der Waals surface area contributed by atoms with Gasteiger partial charge in [-0.3, -0.25) is 9.69 Å². The van der Waals surface area contributed by atoms with E-state index >= 15 is 0 Å². The summed E-state index contributed by atoms with van der Waals surface area (Å²) in [5.41, 5.74) is 2.73. The van der Waals surface area contributed by atoms with Gasteiger partial charge in [-0.05, 0) is 63.3 Å². The van der Waals surface area contributed by atoms with Gasteiger partial charge >= 0.3 is 6.09 Å². The number of carbonyl (C=O) groups excluding carboxylic acids is 2. The zero-order valence-electron chi connectivity index (χ0n) is 18.1. The van der Waals surface area contributed by atoms with Gasteiger partial charge in [-0.25, -0.2) is 4.79 Å². The first-order valence-electron chi connectivity index (χ1n) is 10.4. The molecule has 31 heavy (non-hydrogen) atoms. The number of anilines is 1. The van der Waals surface area contributed by atoms with Gasteiger partial charge in [-0.2, -0.15) is 8.78 Å². The summed E-state index contributed by atoms with van der Waals surface area (Å²) in [7, 11) is 0. The van der Waals surface area contributed by atoms with Crippen molar-refractivity contribution in [2.75, 3.05) is 11.4 Å². The molecule has 0 saturated heterocycles. The van der Waals surface area contributed by atoms with E-state index in [-0.39, 0.29) is 11.4 Å². The Labute approximate surface area is 181 Å². The molecule has 4 nitrogen and oxygen atoms in total. The van der Waals surface area contributed by atoms with Crippen LogP contribution < -0.4 is 4.90 Å². The minimum Gasteiger partial charge on any atom is -0.443 e. The normalized spacial score (nSPS) is 15.3. The lowest BCUT2D eigenvalue weighted by Gasteiger charge is -2.30. The van der Waals surface area contributed by atoms with Crippen LogP contribution in [0.4, 0.5) is 19.3 Å². The average Bonchev–Trinajstić information content (AvgIpc) is 2.73. The number of nitrogens with zero attached hydrogens (tertiary/aromatic N) is 1. The van der Waals surface area contributed by atoms with Gasteiger partial charge in [0, 0.05) is 24.1 Å². The summed E-state index contributed by atoms with van der Waals surface area (Å²) in [6.45, 7) is 5.86. The molecular weight excluding hydrogens is 400 g/mol. The lowest BCUT2D eigenvalue weighted by molar-refractivity contribution is 0.0577. The summed E-state index contributed by atoms with van der Waals surface area (Å²) in [5, 5.41) is 0. The summed E-state index contributed by atoms with van der Waals surface area (Å²) < 4.78 is 30.3. The molecule has 0 spiro atoms. The molecule has 1 aliphatic carbocycles. The van der Waals surface area contributed by atoms with E-state index in [1.165, 1.54) is 4.90 Å². The minimum absolute atomic E-state index is 0.0745. The van der Waals surface area contributed by atoms with Crippen LogP contribution in [0, 0.1) is 0 Å². The lowest BCUT2D eigenvalue weighted by atomic mass is 9.88. The van der Waals surface area contributed by atoms with Crippen molar-refractivity contribution in [3.8, 4) is 0 Å². The van der Waals surface area contributed by atoms with E-state index in [2.05, 4.69) is 0 Å². The number of Topliss-reactive ketones (excluding diaryl/α,β-unsaturated/α-hetero) is 1. The highest BCUT2D eigenvalue weighted by molar-refractivity contribution is 6.07. The quantitative estimate of drug-likeness (QED) is 0.473. The fourth-order valence-electron chi connectivity index (χ4n) is 3.74. The maximum Gasteiger partial charge on any atom is 0.414 e.